The smallest absolute Gasteiger partial charge is 0.339 e. The van der Waals surface area contributed by atoms with Crippen molar-refractivity contribution in [3.8, 4) is 0 Å². The summed E-state index contributed by atoms with van der Waals surface area (Å²) in [6.07, 6.45) is 0. The van der Waals surface area contributed by atoms with Crippen LogP contribution in [0.4, 0.5) is 10.2 Å². The van der Waals surface area contributed by atoms with Crippen LogP contribution in [0.3, 0.4) is 0 Å². The van der Waals surface area contributed by atoms with E-state index in [1.165, 1.54) is 18.2 Å². The first-order valence-corrected chi connectivity index (χ1v) is 5.69. The number of rotatable bonds is 4. The summed E-state index contributed by atoms with van der Waals surface area (Å²) in [5.41, 5.74) is 0.719. The van der Waals surface area contributed by atoms with Crippen LogP contribution in [0, 0.1) is 5.82 Å². The van der Waals surface area contributed by atoms with Crippen molar-refractivity contribution < 1.29 is 14.3 Å². The van der Waals surface area contributed by atoms with Gasteiger partial charge < -0.3 is 10.4 Å². The Morgan fingerprint density at radius 1 is 1.32 bits per heavy atom. The summed E-state index contributed by atoms with van der Waals surface area (Å²) in [7, 11) is 0. The molecule has 98 valence electrons. The number of benzene rings is 1. The fourth-order valence-electron chi connectivity index (χ4n) is 1.45. The molecule has 5 nitrogen and oxygen atoms in total. The molecule has 1 heterocycles. The Balaban J connectivity index is 2.15. The summed E-state index contributed by atoms with van der Waals surface area (Å²) in [5.74, 6) is -1.37. The molecule has 2 aromatic rings. The average Bonchev–Trinajstić information content (AvgIpc) is 2.39. The lowest BCUT2D eigenvalue weighted by atomic mass is 10.2. The number of hydrogen-bond donors (Lipinski definition) is 2. The normalized spacial score (nSPS) is 10.2. The molecule has 0 fully saturated rings. The van der Waals surface area contributed by atoms with Gasteiger partial charge in [0.05, 0.1) is 0 Å². The summed E-state index contributed by atoms with van der Waals surface area (Å²) in [5, 5.41) is 19.1. The molecule has 2 rings (SSSR count). The minimum atomic E-state index is -1.15. The van der Waals surface area contributed by atoms with Crippen molar-refractivity contribution in [2.24, 2.45) is 0 Å². The molecule has 2 N–H and O–H groups in total. The van der Waals surface area contributed by atoms with Crippen molar-refractivity contribution in [3.05, 3.63) is 52.4 Å². The van der Waals surface area contributed by atoms with Gasteiger partial charge in [0.1, 0.15) is 11.4 Å². The van der Waals surface area contributed by atoms with E-state index in [2.05, 4.69) is 15.5 Å². The second-order valence-electron chi connectivity index (χ2n) is 3.71. The van der Waals surface area contributed by atoms with E-state index in [0.717, 1.165) is 5.56 Å². The predicted octanol–water partition coefficient (Wildman–Crippen LogP) is 2.58. The molecule has 0 unspecified atom stereocenters. The van der Waals surface area contributed by atoms with Crippen LogP contribution in [0.2, 0.25) is 5.15 Å². The summed E-state index contributed by atoms with van der Waals surface area (Å²) >= 11 is 5.59. The Bertz CT molecular complexity index is 604. The topological polar surface area (TPSA) is 75.1 Å². The van der Waals surface area contributed by atoms with Crippen LogP contribution in [0.1, 0.15) is 15.9 Å². The maximum Gasteiger partial charge on any atom is 0.339 e. The summed E-state index contributed by atoms with van der Waals surface area (Å²) < 4.78 is 12.7. The van der Waals surface area contributed by atoms with E-state index in [4.69, 9.17) is 16.7 Å². The van der Waals surface area contributed by atoms with E-state index in [1.54, 1.807) is 12.1 Å². The molecule has 0 radical (unpaired) electrons. The van der Waals surface area contributed by atoms with E-state index < -0.39 is 5.97 Å². The van der Waals surface area contributed by atoms with Crippen molar-refractivity contribution in [2.45, 2.75) is 6.54 Å². The number of hydrogen-bond acceptors (Lipinski definition) is 4. The van der Waals surface area contributed by atoms with Gasteiger partial charge in [-0.1, -0.05) is 23.7 Å². The molecule has 19 heavy (non-hydrogen) atoms. The third kappa shape index (κ3) is 3.38. The van der Waals surface area contributed by atoms with Gasteiger partial charge in [-0.15, -0.1) is 10.2 Å². The van der Waals surface area contributed by atoms with Gasteiger partial charge in [0.15, 0.2) is 11.0 Å². The number of nitrogens with zero attached hydrogens (tertiary/aromatic N) is 2. The Kier molecular flexibility index (Phi) is 3.91. The summed E-state index contributed by atoms with van der Waals surface area (Å²) in [6.45, 7) is 0.302. The molecular weight excluding hydrogens is 273 g/mol. The third-order valence-electron chi connectivity index (χ3n) is 2.37. The molecule has 1 aromatic heterocycles. The SMILES string of the molecule is O=C(O)c1cc(Cl)nnc1NCc1ccc(F)cc1. The molecule has 0 amide bonds. The monoisotopic (exact) mass is 281 g/mol. The van der Waals surface area contributed by atoms with Crippen molar-refractivity contribution in [2.75, 3.05) is 5.32 Å². The van der Waals surface area contributed by atoms with E-state index >= 15 is 0 Å². The maximum atomic E-state index is 12.7. The lowest BCUT2D eigenvalue weighted by Crippen LogP contribution is -2.09. The molecule has 0 aliphatic carbocycles. The standard InChI is InChI=1S/C12H9ClFN3O2/c13-10-5-9(12(18)19)11(17-16-10)15-6-7-1-3-8(14)4-2-7/h1-5H,6H2,(H,15,17)(H,18,19). The Morgan fingerprint density at radius 2 is 2.00 bits per heavy atom. The van der Waals surface area contributed by atoms with Crippen LogP contribution in [0.5, 0.6) is 0 Å². The Morgan fingerprint density at radius 3 is 2.63 bits per heavy atom. The number of aromatic carboxylic acids is 1. The second kappa shape index (κ2) is 5.62. The van der Waals surface area contributed by atoms with Crippen molar-refractivity contribution in [3.63, 3.8) is 0 Å². The molecule has 0 aliphatic rings. The van der Waals surface area contributed by atoms with Crippen molar-refractivity contribution in [1.82, 2.24) is 10.2 Å². The fourth-order valence-corrected chi connectivity index (χ4v) is 1.60. The molecular formula is C12H9ClFN3O2. The highest BCUT2D eigenvalue weighted by Crippen LogP contribution is 2.16. The van der Waals surface area contributed by atoms with Gasteiger partial charge in [0.2, 0.25) is 0 Å². The van der Waals surface area contributed by atoms with Crippen LogP contribution in [0.15, 0.2) is 30.3 Å². The number of carbonyl (C=O) groups is 1. The van der Waals surface area contributed by atoms with Gasteiger partial charge in [-0.2, -0.15) is 0 Å². The fraction of sp³-hybridized carbons (Fsp3) is 0.0833. The van der Waals surface area contributed by atoms with Gasteiger partial charge in [-0.25, -0.2) is 9.18 Å². The van der Waals surface area contributed by atoms with E-state index in [0.29, 0.717) is 6.54 Å². The van der Waals surface area contributed by atoms with Crippen LogP contribution in [-0.4, -0.2) is 21.3 Å². The number of carboxylic acids is 1. The molecule has 0 spiro atoms. The molecule has 0 atom stereocenters. The highest BCUT2D eigenvalue weighted by atomic mass is 35.5. The largest absolute Gasteiger partial charge is 0.478 e. The first-order valence-electron chi connectivity index (χ1n) is 5.31. The summed E-state index contributed by atoms with van der Waals surface area (Å²) in [4.78, 5) is 11.0. The second-order valence-corrected chi connectivity index (χ2v) is 4.10. The van der Waals surface area contributed by atoms with E-state index in [1.807, 2.05) is 0 Å². The molecule has 0 aliphatic heterocycles. The highest BCUT2D eigenvalue weighted by Gasteiger charge is 2.13. The van der Waals surface area contributed by atoms with E-state index in [9.17, 15) is 9.18 Å². The first kappa shape index (κ1) is 13.2. The number of carboxylic acid groups (broad SMARTS) is 1. The average molecular weight is 282 g/mol. The number of halogens is 2. The summed E-state index contributed by atoms with van der Waals surface area (Å²) in [6, 6.07) is 7.04. The lowest BCUT2D eigenvalue weighted by Gasteiger charge is -2.07. The molecule has 0 saturated carbocycles. The van der Waals surface area contributed by atoms with Gasteiger partial charge in [0, 0.05) is 6.54 Å². The van der Waals surface area contributed by atoms with Gasteiger partial charge in [0.25, 0.3) is 0 Å². The zero-order valence-corrected chi connectivity index (χ0v) is 10.4. The quantitative estimate of drug-likeness (QED) is 0.901. The molecule has 0 saturated heterocycles. The highest BCUT2D eigenvalue weighted by molar-refractivity contribution is 6.29. The zero-order valence-electron chi connectivity index (χ0n) is 9.60. The third-order valence-corrected chi connectivity index (χ3v) is 2.55. The number of anilines is 1. The van der Waals surface area contributed by atoms with Crippen LogP contribution < -0.4 is 5.32 Å². The van der Waals surface area contributed by atoms with Gasteiger partial charge in [-0.3, -0.25) is 0 Å². The zero-order chi connectivity index (χ0) is 13.8. The minimum absolute atomic E-state index is 0.00438. The van der Waals surface area contributed by atoms with Gasteiger partial charge in [-0.05, 0) is 23.8 Å². The van der Waals surface area contributed by atoms with Crippen LogP contribution in [-0.2, 0) is 6.54 Å². The molecule has 1 aromatic carbocycles. The number of nitrogens with one attached hydrogen (secondary N) is 1. The molecule has 7 heteroatoms. The van der Waals surface area contributed by atoms with Crippen molar-refractivity contribution in [1.29, 1.82) is 0 Å². The lowest BCUT2D eigenvalue weighted by molar-refractivity contribution is 0.0697. The van der Waals surface area contributed by atoms with E-state index in [-0.39, 0.29) is 22.4 Å². The maximum absolute atomic E-state index is 12.7. The Labute approximate surface area is 113 Å². The predicted molar refractivity (Wildman–Crippen MR) is 67.7 cm³/mol. The van der Waals surface area contributed by atoms with Crippen molar-refractivity contribution >= 4 is 23.4 Å². The minimum Gasteiger partial charge on any atom is -0.478 e. The number of aromatic nitrogens is 2. The van der Waals surface area contributed by atoms with Crippen LogP contribution >= 0.6 is 11.6 Å². The Hall–Kier alpha value is -2.21. The molecule has 0 bridgehead atoms. The van der Waals surface area contributed by atoms with Crippen LogP contribution in [0.25, 0.3) is 0 Å². The van der Waals surface area contributed by atoms with Gasteiger partial charge >= 0.3 is 5.97 Å². The first-order chi connectivity index (χ1) is 9.06.